The van der Waals surface area contributed by atoms with E-state index in [1.165, 1.54) is 6.07 Å². The van der Waals surface area contributed by atoms with Crippen molar-refractivity contribution in [3.05, 3.63) is 51.2 Å². The Hall–Kier alpha value is -1.79. The molecule has 0 aliphatic rings. The van der Waals surface area contributed by atoms with E-state index in [4.69, 9.17) is 5.11 Å². The fourth-order valence-electron chi connectivity index (χ4n) is 1.97. The lowest BCUT2D eigenvalue weighted by Crippen LogP contribution is -2.19. The Kier molecular flexibility index (Phi) is 4.46. The standard InChI is InChI=1S/C14H15FN2O2S/c1-9-16-11(8-20-9)7-17(2)6-10-4-3-5-12(13(10)15)14(18)19/h3-5,8H,6-7H2,1-2H3,(H,18,19). The van der Waals surface area contributed by atoms with Gasteiger partial charge in [-0.15, -0.1) is 11.3 Å². The van der Waals surface area contributed by atoms with Gasteiger partial charge < -0.3 is 5.11 Å². The molecule has 0 saturated heterocycles. The Balaban J connectivity index is 2.09. The third kappa shape index (κ3) is 3.40. The van der Waals surface area contributed by atoms with Gasteiger partial charge in [-0.2, -0.15) is 0 Å². The maximum absolute atomic E-state index is 14.0. The third-order valence-electron chi connectivity index (χ3n) is 2.85. The van der Waals surface area contributed by atoms with Crippen molar-refractivity contribution >= 4 is 17.3 Å². The van der Waals surface area contributed by atoms with E-state index < -0.39 is 11.8 Å². The summed E-state index contributed by atoms with van der Waals surface area (Å²) in [4.78, 5) is 17.1. The Bertz CT molecular complexity index is 627. The van der Waals surface area contributed by atoms with Crippen molar-refractivity contribution < 1.29 is 14.3 Å². The fraction of sp³-hybridized carbons (Fsp3) is 0.286. The molecule has 0 fully saturated rings. The quantitative estimate of drug-likeness (QED) is 0.921. The number of aryl methyl sites for hydroxylation is 1. The van der Waals surface area contributed by atoms with E-state index in [1.54, 1.807) is 23.5 Å². The second kappa shape index (κ2) is 6.11. The van der Waals surface area contributed by atoms with Crippen LogP contribution in [0.3, 0.4) is 0 Å². The molecule has 1 heterocycles. The Morgan fingerprint density at radius 3 is 2.80 bits per heavy atom. The summed E-state index contributed by atoms with van der Waals surface area (Å²) >= 11 is 1.57. The summed E-state index contributed by atoms with van der Waals surface area (Å²) in [5.41, 5.74) is 1.02. The highest BCUT2D eigenvalue weighted by Gasteiger charge is 2.15. The molecule has 1 aromatic heterocycles. The van der Waals surface area contributed by atoms with Crippen molar-refractivity contribution in [2.75, 3.05) is 7.05 Å². The van der Waals surface area contributed by atoms with Crippen LogP contribution in [-0.4, -0.2) is 28.0 Å². The molecule has 0 amide bonds. The maximum atomic E-state index is 14.0. The zero-order valence-electron chi connectivity index (χ0n) is 11.3. The van der Waals surface area contributed by atoms with Crippen LogP contribution in [0.4, 0.5) is 4.39 Å². The van der Waals surface area contributed by atoms with Crippen LogP contribution in [0.1, 0.15) is 26.6 Å². The minimum atomic E-state index is -1.25. The Labute approximate surface area is 120 Å². The molecular weight excluding hydrogens is 279 g/mol. The predicted molar refractivity (Wildman–Crippen MR) is 75.4 cm³/mol. The van der Waals surface area contributed by atoms with Crippen molar-refractivity contribution in [2.45, 2.75) is 20.0 Å². The van der Waals surface area contributed by atoms with Gasteiger partial charge in [0.25, 0.3) is 0 Å². The summed E-state index contributed by atoms with van der Waals surface area (Å²) in [7, 11) is 1.85. The molecule has 0 radical (unpaired) electrons. The van der Waals surface area contributed by atoms with Crippen molar-refractivity contribution in [1.29, 1.82) is 0 Å². The molecule has 4 nitrogen and oxygen atoms in total. The highest BCUT2D eigenvalue weighted by Crippen LogP contribution is 2.16. The first-order chi connectivity index (χ1) is 9.47. The van der Waals surface area contributed by atoms with E-state index in [2.05, 4.69) is 4.98 Å². The molecule has 0 aliphatic carbocycles. The summed E-state index contributed by atoms with van der Waals surface area (Å²) in [6.07, 6.45) is 0. The van der Waals surface area contributed by atoms with Crippen LogP contribution in [0.25, 0.3) is 0 Å². The van der Waals surface area contributed by atoms with Crippen LogP contribution < -0.4 is 0 Å². The monoisotopic (exact) mass is 294 g/mol. The fourth-order valence-corrected chi connectivity index (χ4v) is 2.57. The van der Waals surface area contributed by atoms with Crippen LogP contribution in [0.2, 0.25) is 0 Å². The number of hydrogen-bond donors (Lipinski definition) is 1. The minimum absolute atomic E-state index is 0.291. The number of halogens is 1. The van der Waals surface area contributed by atoms with E-state index in [0.717, 1.165) is 10.7 Å². The van der Waals surface area contributed by atoms with E-state index in [-0.39, 0.29) is 5.56 Å². The molecule has 1 aromatic carbocycles. The van der Waals surface area contributed by atoms with Crippen LogP contribution in [0.15, 0.2) is 23.6 Å². The van der Waals surface area contributed by atoms with Crippen LogP contribution in [0.5, 0.6) is 0 Å². The van der Waals surface area contributed by atoms with Crippen LogP contribution in [0, 0.1) is 12.7 Å². The average Bonchev–Trinajstić information content (AvgIpc) is 2.77. The summed E-state index contributed by atoms with van der Waals surface area (Å²) in [6, 6.07) is 4.43. The number of nitrogens with zero attached hydrogens (tertiary/aromatic N) is 2. The summed E-state index contributed by atoms with van der Waals surface area (Å²) < 4.78 is 14.0. The maximum Gasteiger partial charge on any atom is 0.338 e. The number of carboxylic acid groups (broad SMARTS) is 1. The number of aromatic nitrogens is 1. The first kappa shape index (κ1) is 14.6. The molecule has 106 valence electrons. The van der Waals surface area contributed by atoms with Gasteiger partial charge in [0, 0.05) is 24.0 Å². The highest BCUT2D eigenvalue weighted by molar-refractivity contribution is 7.09. The lowest BCUT2D eigenvalue weighted by atomic mass is 10.1. The van der Waals surface area contributed by atoms with Gasteiger partial charge >= 0.3 is 5.97 Å². The molecular formula is C14H15FN2O2S. The molecule has 1 N–H and O–H groups in total. The lowest BCUT2D eigenvalue weighted by Gasteiger charge is -2.16. The number of rotatable bonds is 5. The molecule has 0 saturated carbocycles. The van der Waals surface area contributed by atoms with Crippen molar-refractivity contribution in [1.82, 2.24) is 9.88 Å². The third-order valence-corrected chi connectivity index (χ3v) is 3.67. The predicted octanol–water partition coefficient (Wildman–Crippen LogP) is 2.92. The highest BCUT2D eigenvalue weighted by atomic mass is 32.1. The van der Waals surface area contributed by atoms with Gasteiger partial charge in [0.1, 0.15) is 5.82 Å². The topological polar surface area (TPSA) is 53.4 Å². The molecule has 20 heavy (non-hydrogen) atoms. The number of carboxylic acids is 1. The zero-order valence-corrected chi connectivity index (χ0v) is 12.1. The number of benzene rings is 1. The Morgan fingerprint density at radius 1 is 1.45 bits per heavy atom. The molecule has 0 atom stereocenters. The van der Waals surface area contributed by atoms with Gasteiger partial charge in [0.15, 0.2) is 0 Å². The molecule has 2 aromatic rings. The SMILES string of the molecule is Cc1nc(CN(C)Cc2cccc(C(=O)O)c2F)cs1. The van der Waals surface area contributed by atoms with Gasteiger partial charge in [-0.25, -0.2) is 14.2 Å². The van der Waals surface area contributed by atoms with Gasteiger partial charge in [-0.05, 0) is 20.0 Å². The van der Waals surface area contributed by atoms with Gasteiger partial charge in [0.05, 0.1) is 16.3 Å². The first-order valence-corrected chi connectivity index (χ1v) is 6.95. The summed E-state index contributed by atoms with van der Waals surface area (Å²) in [5.74, 6) is -1.91. The number of hydrogen-bond acceptors (Lipinski definition) is 4. The van der Waals surface area contributed by atoms with Crippen molar-refractivity contribution in [2.24, 2.45) is 0 Å². The molecule has 6 heteroatoms. The molecule has 2 rings (SSSR count). The smallest absolute Gasteiger partial charge is 0.338 e. The van der Waals surface area contributed by atoms with Crippen LogP contribution >= 0.6 is 11.3 Å². The molecule has 0 spiro atoms. The second-order valence-electron chi connectivity index (χ2n) is 4.61. The average molecular weight is 294 g/mol. The number of thiazole rings is 1. The number of aromatic carboxylic acids is 1. The Morgan fingerprint density at radius 2 is 2.20 bits per heavy atom. The van der Waals surface area contributed by atoms with E-state index in [9.17, 15) is 9.18 Å². The number of carbonyl (C=O) groups is 1. The molecule has 0 bridgehead atoms. The van der Waals surface area contributed by atoms with E-state index >= 15 is 0 Å². The minimum Gasteiger partial charge on any atom is -0.478 e. The van der Waals surface area contributed by atoms with Gasteiger partial charge in [-0.1, -0.05) is 12.1 Å². The zero-order chi connectivity index (χ0) is 14.7. The second-order valence-corrected chi connectivity index (χ2v) is 5.68. The largest absolute Gasteiger partial charge is 0.478 e. The lowest BCUT2D eigenvalue weighted by molar-refractivity contribution is 0.0691. The molecule has 0 aliphatic heterocycles. The van der Waals surface area contributed by atoms with Gasteiger partial charge in [-0.3, -0.25) is 4.90 Å². The van der Waals surface area contributed by atoms with E-state index in [1.807, 2.05) is 24.3 Å². The van der Waals surface area contributed by atoms with E-state index in [0.29, 0.717) is 18.7 Å². The van der Waals surface area contributed by atoms with Crippen molar-refractivity contribution in [3.8, 4) is 0 Å². The van der Waals surface area contributed by atoms with Crippen molar-refractivity contribution in [3.63, 3.8) is 0 Å². The summed E-state index contributed by atoms with van der Waals surface area (Å²) in [6.45, 7) is 2.87. The van der Waals surface area contributed by atoms with Gasteiger partial charge in [0.2, 0.25) is 0 Å². The first-order valence-electron chi connectivity index (χ1n) is 6.07. The van der Waals surface area contributed by atoms with Crippen LogP contribution in [-0.2, 0) is 13.1 Å². The summed E-state index contributed by atoms with van der Waals surface area (Å²) in [5, 5.41) is 11.9. The normalized spacial score (nSPS) is 11.0. The molecule has 0 unspecified atom stereocenters.